The first kappa shape index (κ1) is 15.5. The Morgan fingerprint density at radius 3 is 2.53 bits per heavy atom. The summed E-state index contributed by atoms with van der Waals surface area (Å²) >= 11 is 0. The largest absolute Gasteiger partial charge is 0.491 e. The number of likely N-dealkylation sites (N-methyl/N-ethyl adjacent to an activating group) is 1. The van der Waals surface area contributed by atoms with Crippen molar-refractivity contribution in [3.8, 4) is 5.75 Å². The summed E-state index contributed by atoms with van der Waals surface area (Å²) in [5, 5.41) is 2.96. The number of nitrogens with one attached hydrogen (secondary N) is 1. The zero-order valence-corrected chi connectivity index (χ0v) is 12.4. The summed E-state index contributed by atoms with van der Waals surface area (Å²) in [6.07, 6.45) is 0.415. The molecule has 0 aliphatic heterocycles. The van der Waals surface area contributed by atoms with E-state index in [1.54, 1.807) is 14.0 Å². The molecule has 0 aromatic heterocycles. The van der Waals surface area contributed by atoms with Crippen LogP contribution in [0.1, 0.15) is 31.4 Å². The van der Waals surface area contributed by atoms with Crippen LogP contribution in [0.15, 0.2) is 18.2 Å². The highest BCUT2D eigenvalue weighted by Gasteiger charge is 2.31. The molecule has 3 N–H and O–H groups in total. The van der Waals surface area contributed by atoms with E-state index in [0.717, 1.165) is 5.75 Å². The van der Waals surface area contributed by atoms with E-state index in [1.807, 2.05) is 32.0 Å². The standard InChI is InChI=1S/C15H24N2O2/c1-10-6-7-13(8-11(10)2)19-12(3)9-15(4,17-5)14(16)18/h6-8,12,17H,9H2,1-5H3,(H2,16,18). The van der Waals surface area contributed by atoms with E-state index in [4.69, 9.17) is 10.5 Å². The molecular weight excluding hydrogens is 240 g/mol. The molecular formula is C15H24N2O2. The lowest BCUT2D eigenvalue weighted by Gasteiger charge is -2.29. The molecule has 19 heavy (non-hydrogen) atoms. The first-order chi connectivity index (χ1) is 8.78. The molecule has 2 atom stereocenters. The lowest BCUT2D eigenvalue weighted by atomic mass is 9.94. The Labute approximate surface area is 115 Å². The second-order valence-electron chi connectivity index (χ2n) is 5.33. The SMILES string of the molecule is CNC(C)(CC(C)Oc1ccc(C)c(C)c1)C(N)=O. The van der Waals surface area contributed by atoms with E-state index in [2.05, 4.69) is 12.2 Å². The molecule has 4 heteroatoms. The number of carbonyl (C=O) groups is 1. The van der Waals surface area contributed by atoms with Gasteiger partial charge in [0.1, 0.15) is 5.75 Å². The fourth-order valence-electron chi connectivity index (χ4n) is 1.96. The topological polar surface area (TPSA) is 64.3 Å². The molecule has 0 fully saturated rings. The van der Waals surface area contributed by atoms with Gasteiger partial charge in [-0.1, -0.05) is 6.07 Å². The molecule has 0 aliphatic carbocycles. The quantitative estimate of drug-likeness (QED) is 0.825. The molecule has 2 unspecified atom stereocenters. The summed E-state index contributed by atoms with van der Waals surface area (Å²) in [6.45, 7) is 7.84. The van der Waals surface area contributed by atoms with Gasteiger partial charge < -0.3 is 15.8 Å². The molecule has 0 radical (unpaired) electrons. The van der Waals surface area contributed by atoms with Crippen LogP contribution >= 0.6 is 0 Å². The molecule has 0 spiro atoms. The number of hydrogen-bond acceptors (Lipinski definition) is 3. The van der Waals surface area contributed by atoms with Crippen molar-refractivity contribution in [1.29, 1.82) is 0 Å². The van der Waals surface area contributed by atoms with Gasteiger partial charge in [-0.3, -0.25) is 4.79 Å². The average molecular weight is 264 g/mol. The van der Waals surface area contributed by atoms with Gasteiger partial charge in [0, 0.05) is 6.42 Å². The molecule has 0 bridgehead atoms. The van der Waals surface area contributed by atoms with Crippen LogP contribution in [0.5, 0.6) is 5.75 Å². The highest BCUT2D eigenvalue weighted by Crippen LogP contribution is 2.21. The van der Waals surface area contributed by atoms with Crippen LogP contribution in [0.25, 0.3) is 0 Å². The molecule has 0 saturated carbocycles. The van der Waals surface area contributed by atoms with E-state index < -0.39 is 5.54 Å². The highest BCUT2D eigenvalue weighted by molar-refractivity contribution is 5.84. The van der Waals surface area contributed by atoms with Crippen molar-refractivity contribution < 1.29 is 9.53 Å². The molecule has 0 heterocycles. The third kappa shape index (κ3) is 3.96. The Kier molecular flexibility index (Phi) is 4.95. The maximum absolute atomic E-state index is 11.4. The van der Waals surface area contributed by atoms with Gasteiger partial charge in [0.25, 0.3) is 0 Å². The maximum atomic E-state index is 11.4. The second kappa shape index (κ2) is 6.06. The summed E-state index contributed by atoms with van der Waals surface area (Å²) in [5.74, 6) is 0.448. The second-order valence-corrected chi connectivity index (χ2v) is 5.33. The smallest absolute Gasteiger partial charge is 0.237 e. The molecule has 106 valence electrons. The van der Waals surface area contributed by atoms with Crippen molar-refractivity contribution in [3.63, 3.8) is 0 Å². The van der Waals surface area contributed by atoms with Crippen molar-refractivity contribution in [1.82, 2.24) is 5.32 Å². The lowest BCUT2D eigenvalue weighted by Crippen LogP contribution is -2.53. The van der Waals surface area contributed by atoms with Crippen LogP contribution in [-0.4, -0.2) is 24.6 Å². The zero-order valence-electron chi connectivity index (χ0n) is 12.4. The summed E-state index contributed by atoms with van der Waals surface area (Å²) in [6, 6.07) is 5.98. The Bertz CT molecular complexity index is 459. The molecule has 1 aromatic carbocycles. The Morgan fingerprint density at radius 1 is 1.42 bits per heavy atom. The van der Waals surface area contributed by atoms with Crippen molar-refractivity contribution >= 4 is 5.91 Å². The summed E-state index contributed by atoms with van der Waals surface area (Å²) in [7, 11) is 1.73. The number of benzene rings is 1. The van der Waals surface area contributed by atoms with Gasteiger partial charge in [-0.25, -0.2) is 0 Å². The molecule has 0 saturated heterocycles. The van der Waals surface area contributed by atoms with Crippen molar-refractivity contribution in [2.45, 2.75) is 45.8 Å². The monoisotopic (exact) mass is 264 g/mol. The van der Waals surface area contributed by atoms with Gasteiger partial charge in [0.15, 0.2) is 0 Å². The van der Waals surface area contributed by atoms with Crippen LogP contribution in [-0.2, 0) is 4.79 Å². The first-order valence-electron chi connectivity index (χ1n) is 6.51. The van der Waals surface area contributed by atoms with Crippen LogP contribution in [0.2, 0.25) is 0 Å². The van der Waals surface area contributed by atoms with Crippen LogP contribution in [0, 0.1) is 13.8 Å². The molecule has 4 nitrogen and oxygen atoms in total. The minimum atomic E-state index is -0.751. The summed E-state index contributed by atoms with van der Waals surface area (Å²) in [5.41, 5.74) is 7.08. The maximum Gasteiger partial charge on any atom is 0.237 e. The third-order valence-electron chi connectivity index (χ3n) is 3.61. The van der Waals surface area contributed by atoms with Crippen molar-refractivity contribution in [3.05, 3.63) is 29.3 Å². The van der Waals surface area contributed by atoms with Gasteiger partial charge in [0.05, 0.1) is 11.6 Å². The lowest BCUT2D eigenvalue weighted by molar-refractivity contribution is -0.124. The number of amides is 1. The number of rotatable bonds is 6. The highest BCUT2D eigenvalue weighted by atomic mass is 16.5. The van der Waals surface area contributed by atoms with Crippen LogP contribution in [0.4, 0.5) is 0 Å². The minimum Gasteiger partial charge on any atom is -0.491 e. The number of hydrogen-bond donors (Lipinski definition) is 2. The summed E-state index contributed by atoms with van der Waals surface area (Å²) < 4.78 is 5.85. The van der Waals surface area contributed by atoms with Gasteiger partial charge in [0.2, 0.25) is 5.91 Å². The molecule has 1 aromatic rings. The van der Waals surface area contributed by atoms with E-state index in [1.165, 1.54) is 11.1 Å². The van der Waals surface area contributed by atoms with Crippen LogP contribution < -0.4 is 15.8 Å². The fraction of sp³-hybridized carbons (Fsp3) is 0.533. The molecule has 1 rings (SSSR count). The predicted molar refractivity (Wildman–Crippen MR) is 77.3 cm³/mol. The van der Waals surface area contributed by atoms with Crippen molar-refractivity contribution in [2.24, 2.45) is 5.73 Å². The van der Waals surface area contributed by atoms with Gasteiger partial charge in [-0.05, 0) is 58.0 Å². The first-order valence-corrected chi connectivity index (χ1v) is 6.51. The molecule has 1 amide bonds. The minimum absolute atomic E-state index is 0.105. The summed E-state index contributed by atoms with van der Waals surface area (Å²) in [4.78, 5) is 11.4. The van der Waals surface area contributed by atoms with Crippen molar-refractivity contribution in [2.75, 3.05) is 7.05 Å². The molecule has 0 aliphatic rings. The average Bonchev–Trinajstić information content (AvgIpc) is 2.33. The number of ether oxygens (including phenoxy) is 1. The van der Waals surface area contributed by atoms with Gasteiger partial charge in [-0.2, -0.15) is 0 Å². The number of nitrogens with two attached hydrogens (primary N) is 1. The third-order valence-corrected chi connectivity index (χ3v) is 3.61. The van der Waals surface area contributed by atoms with E-state index in [9.17, 15) is 4.79 Å². The van der Waals surface area contributed by atoms with Crippen LogP contribution in [0.3, 0.4) is 0 Å². The predicted octanol–water partition coefficient (Wildman–Crippen LogP) is 1.92. The van der Waals surface area contributed by atoms with Gasteiger partial charge >= 0.3 is 0 Å². The Balaban J connectivity index is 2.71. The Hall–Kier alpha value is -1.55. The number of aryl methyl sites for hydroxylation is 2. The Morgan fingerprint density at radius 2 is 2.05 bits per heavy atom. The zero-order chi connectivity index (χ0) is 14.6. The normalized spacial score (nSPS) is 15.6. The van der Waals surface area contributed by atoms with E-state index in [0.29, 0.717) is 6.42 Å². The number of primary amides is 1. The van der Waals surface area contributed by atoms with E-state index in [-0.39, 0.29) is 12.0 Å². The van der Waals surface area contributed by atoms with Gasteiger partial charge in [-0.15, -0.1) is 0 Å². The fourth-order valence-corrected chi connectivity index (χ4v) is 1.96. The number of carbonyl (C=O) groups excluding carboxylic acids is 1. The van der Waals surface area contributed by atoms with E-state index >= 15 is 0 Å².